The van der Waals surface area contributed by atoms with Gasteiger partial charge in [0.2, 0.25) is 0 Å². The standard InChI is InChI=1S/C18H22FN3O/c1-2-14-5-3-6-16(13-14)22-18(20)21-11-4-12-23-17-9-7-15(19)8-10-17/h3,5-10,13H,2,4,11-12H2,1H3,(H3,20,21,22). The number of aryl methyl sites for hydroxylation is 1. The molecule has 0 unspecified atom stereocenters. The maximum Gasteiger partial charge on any atom is 0.193 e. The average molecular weight is 315 g/mol. The molecule has 0 fully saturated rings. The first kappa shape index (κ1) is 16.8. The molecule has 0 aromatic heterocycles. The van der Waals surface area contributed by atoms with E-state index in [2.05, 4.69) is 29.4 Å². The van der Waals surface area contributed by atoms with Gasteiger partial charge in [-0.25, -0.2) is 4.39 Å². The van der Waals surface area contributed by atoms with E-state index in [4.69, 9.17) is 10.5 Å². The number of anilines is 1. The molecule has 0 saturated heterocycles. The molecular formula is C18H22FN3O. The van der Waals surface area contributed by atoms with Crippen LogP contribution in [0.15, 0.2) is 53.5 Å². The monoisotopic (exact) mass is 315 g/mol. The van der Waals surface area contributed by atoms with Gasteiger partial charge in [0.1, 0.15) is 11.6 Å². The summed E-state index contributed by atoms with van der Waals surface area (Å²) in [7, 11) is 0. The smallest absolute Gasteiger partial charge is 0.193 e. The summed E-state index contributed by atoms with van der Waals surface area (Å²) in [6, 6.07) is 14.0. The summed E-state index contributed by atoms with van der Waals surface area (Å²) in [6.07, 6.45) is 1.71. The van der Waals surface area contributed by atoms with Crippen LogP contribution < -0.4 is 15.8 Å². The molecule has 122 valence electrons. The molecule has 0 amide bonds. The second-order valence-corrected chi connectivity index (χ2v) is 5.10. The first-order chi connectivity index (χ1) is 11.2. The SMILES string of the molecule is CCc1cccc(NC(N)=NCCCOc2ccc(F)cc2)c1. The Kier molecular flexibility index (Phi) is 6.41. The van der Waals surface area contributed by atoms with Crippen molar-refractivity contribution in [3.8, 4) is 5.75 Å². The molecule has 0 atom stereocenters. The van der Waals surface area contributed by atoms with Crippen molar-refractivity contribution in [2.24, 2.45) is 10.7 Å². The Hall–Kier alpha value is -2.56. The molecule has 2 rings (SSSR count). The normalized spacial score (nSPS) is 11.3. The fourth-order valence-corrected chi connectivity index (χ4v) is 2.04. The minimum atomic E-state index is -0.270. The van der Waals surface area contributed by atoms with E-state index in [9.17, 15) is 4.39 Å². The zero-order valence-corrected chi connectivity index (χ0v) is 13.3. The number of aliphatic imine (C=N–C) groups is 1. The van der Waals surface area contributed by atoms with Crippen LogP contribution in [-0.2, 0) is 6.42 Å². The molecule has 0 heterocycles. The molecule has 3 N–H and O–H groups in total. The van der Waals surface area contributed by atoms with Gasteiger partial charge in [-0.05, 0) is 48.4 Å². The molecule has 2 aromatic rings. The summed E-state index contributed by atoms with van der Waals surface area (Å²) in [4.78, 5) is 4.26. The number of nitrogens with two attached hydrogens (primary N) is 1. The van der Waals surface area contributed by atoms with E-state index in [0.29, 0.717) is 24.9 Å². The van der Waals surface area contributed by atoms with Crippen molar-refractivity contribution in [2.45, 2.75) is 19.8 Å². The van der Waals surface area contributed by atoms with Crippen LogP contribution in [0.25, 0.3) is 0 Å². The first-order valence-corrected chi connectivity index (χ1v) is 7.71. The molecule has 0 bridgehead atoms. The Balaban J connectivity index is 1.71. The van der Waals surface area contributed by atoms with E-state index in [1.54, 1.807) is 12.1 Å². The Bertz CT molecular complexity index is 641. The van der Waals surface area contributed by atoms with Gasteiger partial charge in [-0.3, -0.25) is 4.99 Å². The molecule has 0 aliphatic rings. The van der Waals surface area contributed by atoms with Gasteiger partial charge in [0, 0.05) is 18.7 Å². The lowest BCUT2D eigenvalue weighted by Crippen LogP contribution is -2.23. The Morgan fingerprint density at radius 2 is 2.00 bits per heavy atom. The molecule has 0 aliphatic heterocycles. The van der Waals surface area contributed by atoms with Crippen molar-refractivity contribution in [3.05, 3.63) is 59.9 Å². The summed E-state index contributed by atoms with van der Waals surface area (Å²) >= 11 is 0. The van der Waals surface area contributed by atoms with E-state index in [1.165, 1.54) is 17.7 Å². The van der Waals surface area contributed by atoms with Crippen LogP contribution in [-0.4, -0.2) is 19.1 Å². The largest absolute Gasteiger partial charge is 0.494 e. The van der Waals surface area contributed by atoms with Crippen LogP contribution in [0, 0.1) is 5.82 Å². The second kappa shape index (κ2) is 8.78. The van der Waals surface area contributed by atoms with Gasteiger partial charge < -0.3 is 15.8 Å². The van der Waals surface area contributed by atoms with Crippen LogP contribution >= 0.6 is 0 Å². The summed E-state index contributed by atoms with van der Waals surface area (Å²) in [5, 5.41) is 3.08. The number of hydrogen-bond donors (Lipinski definition) is 2. The molecule has 23 heavy (non-hydrogen) atoms. The highest BCUT2D eigenvalue weighted by atomic mass is 19.1. The van der Waals surface area contributed by atoms with Gasteiger partial charge in [-0.2, -0.15) is 0 Å². The number of hydrogen-bond acceptors (Lipinski definition) is 2. The Morgan fingerprint density at radius 3 is 2.74 bits per heavy atom. The molecule has 0 saturated carbocycles. The first-order valence-electron chi connectivity index (χ1n) is 7.71. The molecule has 5 heteroatoms. The predicted octanol–water partition coefficient (Wildman–Crippen LogP) is 3.58. The summed E-state index contributed by atoms with van der Waals surface area (Å²) in [6.45, 7) is 3.18. The lowest BCUT2D eigenvalue weighted by atomic mass is 10.1. The maximum atomic E-state index is 12.8. The van der Waals surface area contributed by atoms with E-state index < -0.39 is 0 Å². The van der Waals surface area contributed by atoms with Crippen LogP contribution in [0.2, 0.25) is 0 Å². The van der Waals surface area contributed by atoms with Gasteiger partial charge in [-0.15, -0.1) is 0 Å². The lowest BCUT2D eigenvalue weighted by molar-refractivity contribution is 0.313. The van der Waals surface area contributed by atoms with Crippen LogP contribution in [0.3, 0.4) is 0 Å². The molecule has 0 radical (unpaired) electrons. The number of nitrogens with zero attached hydrogens (tertiary/aromatic N) is 1. The third-order valence-corrected chi connectivity index (χ3v) is 3.27. The van der Waals surface area contributed by atoms with Crippen molar-refractivity contribution >= 4 is 11.6 Å². The predicted molar refractivity (Wildman–Crippen MR) is 92.4 cm³/mol. The number of nitrogens with one attached hydrogen (secondary N) is 1. The van der Waals surface area contributed by atoms with Gasteiger partial charge in [-0.1, -0.05) is 19.1 Å². The van der Waals surface area contributed by atoms with E-state index in [0.717, 1.165) is 18.5 Å². The van der Waals surface area contributed by atoms with Crippen molar-refractivity contribution < 1.29 is 9.13 Å². The van der Waals surface area contributed by atoms with Gasteiger partial charge in [0.15, 0.2) is 5.96 Å². The number of halogens is 1. The summed E-state index contributed by atoms with van der Waals surface area (Å²) < 4.78 is 18.2. The van der Waals surface area contributed by atoms with Crippen LogP contribution in [0.1, 0.15) is 18.9 Å². The highest BCUT2D eigenvalue weighted by Gasteiger charge is 1.97. The van der Waals surface area contributed by atoms with Crippen LogP contribution in [0.4, 0.5) is 10.1 Å². The van der Waals surface area contributed by atoms with E-state index in [-0.39, 0.29) is 5.82 Å². The third kappa shape index (κ3) is 5.98. The van der Waals surface area contributed by atoms with E-state index in [1.807, 2.05) is 12.1 Å². The second-order valence-electron chi connectivity index (χ2n) is 5.10. The minimum Gasteiger partial charge on any atom is -0.494 e. The van der Waals surface area contributed by atoms with Crippen molar-refractivity contribution in [3.63, 3.8) is 0 Å². The quantitative estimate of drug-likeness (QED) is 0.466. The Labute approximate surface area is 136 Å². The summed E-state index contributed by atoms with van der Waals surface area (Å²) in [5.41, 5.74) is 8.05. The number of guanidine groups is 1. The number of ether oxygens (including phenoxy) is 1. The molecule has 0 aliphatic carbocycles. The summed E-state index contributed by atoms with van der Waals surface area (Å²) in [5.74, 6) is 0.769. The van der Waals surface area contributed by atoms with Crippen molar-refractivity contribution in [1.82, 2.24) is 0 Å². The third-order valence-electron chi connectivity index (χ3n) is 3.27. The van der Waals surface area contributed by atoms with Crippen molar-refractivity contribution in [2.75, 3.05) is 18.5 Å². The topological polar surface area (TPSA) is 59.6 Å². The van der Waals surface area contributed by atoms with E-state index >= 15 is 0 Å². The Morgan fingerprint density at radius 1 is 1.22 bits per heavy atom. The highest BCUT2D eigenvalue weighted by Crippen LogP contribution is 2.12. The molecule has 4 nitrogen and oxygen atoms in total. The van der Waals surface area contributed by atoms with Crippen molar-refractivity contribution in [1.29, 1.82) is 0 Å². The fourth-order valence-electron chi connectivity index (χ4n) is 2.04. The maximum absolute atomic E-state index is 12.8. The van der Waals surface area contributed by atoms with Gasteiger partial charge >= 0.3 is 0 Å². The van der Waals surface area contributed by atoms with Gasteiger partial charge in [0.05, 0.1) is 6.61 Å². The number of rotatable bonds is 7. The average Bonchev–Trinajstić information content (AvgIpc) is 2.56. The molecule has 2 aromatic carbocycles. The fraction of sp³-hybridized carbons (Fsp3) is 0.278. The minimum absolute atomic E-state index is 0.270. The van der Waals surface area contributed by atoms with Gasteiger partial charge in [0.25, 0.3) is 0 Å². The van der Waals surface area contributed by atoms with Crippen LogP contribution in [0.5, 0.6) is 5.75 Å². The molecular weight excluding hydrogens is 293 g/mol. The zero-order valence-electron chi connectivity index (χ0n) is 13.3. The zero-order chi connectivity index (χ0) is 16.5. The number of benzene rings is 2. The highest BCUT2D eigenvalue weighted by molar-refractivity contribution is 5.92. The molecule has 0 spiro atoms. The lowest BCUT2D eigenvalue weighted by Gasteiger charge is -2.07.